The van der Waals surface area contributed by atoms with Gasteiger partial charge in [0.15, 0.2) is 11.6 Å². The van der Waals surface area contributed by atoms with Crippen LogP contribution in [-0.2, 0) is 14.8 Å². The first-order chi connectivity index (χ1) is 14.3. The van der Waals surface area contributed by atoms with E-state index in [9.17, 15) is 17.6 Å². The summed E-state index contributed by atoms with van der Waals surface area (Å²) in [6.07, 6.45) is 1.10. The molecular formula is C20H20FN5O3S. The number of carbonyl (C=O) groups excluding carboxylic acids is 1. The second-order valence-corrected chi connectivity index (χ2v) is 8.79. The first-order valence-electron chi connectivity index (χ1n) is 9.43. The molecule has 30 heavy (non-hydrogen) atoms. The molecule has 1 fully saturated rings. The number of halogens is 1. The molecule has 0 radical (unpaired) electrons. The van der Waals surface area contributed by atoms with Crippen LogP contribution in [0.5, 0.6) is 0 Å². The number of anilines is 2. The van der Waals surface area contributed by atoms with Crippen LogP contribution in [0.4, 0.5) is 16.0 Å². The molecule has 0 bridgehead atoms. The Hall–Kier alpha value is -3.27. The number of carbonyl (C=O) groups is 1. The van der Waals surface area contributed by atoms with Gasteiger partial charge in [0.1, 0.15) is 5.82 Å². The Morgan fingerprint density at radius 2 is 1.63 bits per heavy atom. The molecule has 1 aromatic heterocycles. The Kier molecular flexibility index (Phi) is 5.25. The van der Waals surface area contributed by atoms with Crippen LogP contribution in [0, 0.1) is 11.7 Å². The molecular weight excluding hydrogens is 409 g/mol. The van der Waals surface area contributed by atoms with E-state index in [4.69, 9.17) is 5.73 Å². The molecule has 3 aromatic rings. The minimum Gasteiger partial charge on any atom is -0.369 e. The zero-order valence-corrected chi connectivity index (χ0v) is 16.8. The van der Waals surface area contributed by atoms with Crippen molar-refractivity contribution in [3.05, 3.63) is 54.3 Å². The second-order valence-electron chi connectivity index (χ2n) is 7.11. The molecule has 156 valence electrons. The molecule has 10 heteroatoms. The fraction of sp³-hybridized carbons (Fsp3) is 0.250. The topological polar surface area (TPSA) is 118 Å². The Labute approximate surface area is 173 Å². The summed E-state index contributed by atoms with van der Waals surface area (Å²) in [5, 5.41) is 0. The number of nitrogens with zero attached hydrogens (tertiary/aromatic N) is 3. The van der Waals surface area contributed by atoms with Crippen molar-refractivity contribution in [2.45, 2.75) is 17.7 Å². The van der Waals surface area contributed by atoms with Crippen molar-refractivity contribution in [1.29, 1.82) is 0 Å². The van der Waals surface area contributed by atoms with Gasteiger partial charge in [-0.2, -0.15) is 0 Å². The highest BCUT2D eigenvalue weighted by Crippen LogP contribution is 2.30. The monoisotopic (exact) mass is 429 g/mol. The molecule has 0 unspecified atom stereocenters. The maximum Gasteiger partial charge on any atom is 0.263 e. The third kappa shape index (κ3) is 4.04. The lowest BCUT2D eigenvalue weighted by atomic mass is 9.96. The Morgan fingerprint density at radius 1 is 1.03 bits per heavy atom. The van der Waals surface area contributed by atoms with Crippen LogP contribution in [0.25, 0.3) is 11.0 Å². The summed E-state index contributed by atoms with van der Waals surface area (Å²) in [6, 6.07) is 11.7. The van der Waals surface area contributed by atoms with Crippen LogP contribution in [0.1, 0.15) is 12.8 Å². The number of aromatic nitrogens is 2. The van der Waals surface area contributed by atoms with Crippen molar-refractivity contribution in [2.24, 2.45) is 11.7 Å². The maximum atomic E-state index is 13.2. The standard InChI is InChI=1S/C20H20FN5O3S/c21-14-5-7-15(8-6-14)30(28,29)25-19-20(24-17-4-2-1-3-16(17)23-19)26-11-9-13(10-12-26)18(22)27/h1-8,13H,9-12H2,(H2,22,27)(H,23,25). The molecule has 1 aliphatic heterocycles. The van der Waals surface area contributed by atoms with Crippen molar-refractivity contribution in [2.75, 3.05) is 22.7 Å². The number of piperidine rings is 1. The minimum absolute atomic E-state index is 0.0792. The summed E-state index contributed by atoms with van der Waals surface area (Å²) in [5.74, 6) is -0.624. The number of sulfonamides is 1. The summed E-state index contributed by atoms with van der Waals surface area (Å²) in [5.41, 5.74) is 6.56. The number of primary amides is 1. The first-order valence-corrected chi connectivity index (χ1v) is 10.9. The van der Waals surface area contributed by atoms with Gasteiger partial charge >= 0.3 is 0 Å². The smallest absolute Gasteiger partial charge is 0.263 e. The van der Waals surface area contributed by atoms with Crippen LogP contribution in [0.2, 0.25) is 0 Å². The summed E-state index contributed by atoms with van der Waals surface area (Å²) in [6.45, 7) is 0.984. The van der Waals surface area contributed by atoms with E-state index in [0.29, 0.717) is 42.8 Å². The van der Waals surface area contributed by atoms with Crippen molar-refractivity contribution >= 4 is 38.6 Å². The third-order valence-electron chi connectivity index (χ3n) is 5.10. The highest BCUT2D eigenvalue weighted by atomic mass is 32.2. The SMILES string of the molecule is NC(=O)C1CCN(c2nc3ccccc3nc2NS(=O)(=O)c2ccc(F)cc2)CC1. The van der Waals surface area contributed by atoms with Crippen LogP contribution in [0.3, 0.4) is 0 Å². The number of benzene rings is 2. The Bertz CT molecular complexity index is 1190. The van der Waals surface area contributed by atoms with E-state index < -0.39 is 15.8 Å². The minimum atomic E-state index is -4.00. The van der Waals surface area contributed by atoms with Gasteiger partial charge in [-0.25, -0.2) is 22.8 Å². The molecule has 0 atom stereocenters. The quantitative estimate of drug-likeness (QED) is 0.642. The highest BCUT2D eigenvalue weighted by Gasteiger charge is 2.27. The summed E-state index contributed by atoms with van der Waals surface area (Å²) < 4.78 is 41.4. The molecule has 0 saturated carbocycles. The zero-order chi connectivity index (χ0) is 21.3. The number of hydrogen-bond donors (Lipinski definition) is 2. The molecule has 1 aliphatic rings. The van der Waals surface area contributed by atoms with E-state index in [1.807, 2.05) is 11.0 Å². The highest BCUT2D eigenvalue weighted by molar-refractivity contribution is 7.92. The third-order valence-corrected chi connectivity index (χ3v) is 6.46. The lowest BCUT2D eigenvalue weighted by molar-refractivity contribution is -0.122. The van der Waals surface area contributed by atoms with Gasteiger partial charge in [0.05, 0.1) is 15.9 Å². The van der Waals surface area contributed by atoms with Crippen molar-refractivity contribution in [3.8, 4) is 0 Å². The maximum absolute atomic E-state index is 13.2. The van der Waals surface area contributed by atoms with Gasteiger partial charge in [-0.3, -0.25) is 9.52 Å². The zero-order valence-electron chi connectivity index (χ0n) is 16.0. The van der Waals surface area contributed by atoms with Crippen LogP contribution < -0.4 is 15.4 Å². The first kappa shape index (κ1) is 20.0. The largest absolute Gasteiger partial charge is 0.369 e. The summed E-state index contributed by atoms with van der Waals surface area (Å²) in [4.78, 5) is 22.4. The van der Waals surface area contributed by atoms with E-state index in [2.05, 4.69) is 14.7 Å². The number of fused-ring (bicyclic) bond motifs is 1. The van der Waals surface area contributed by atoms with E-state index in [1.54, 1.807) is 18.2 Å². The molecule has 3 N–H and O–H groups in total. The fourth-order valence-corrected chi connectivity index (χ4v) is 4.46. The second kappa shape index (κ2) is 7.86. The number of nitrogens with one attached hydrogen (secondary N) is 1. The molecule has 0 aliphatic carbocycles. The van der Waals surface area contributed by atoms with Crippen LogP contribution >= 0.6 is 0 Å². The molecule has 2 aromatic carbocycles. The molecule has 8 nitrogen and oxygen atoms in total. The number of nitrogens with two attached hydrogens (primary N) is 1. The van der Waals surface area contributed by atoms with Gasteiger partial charge in [-0.1, -0.05) is 12.1 Å². The average Bonchev–Trinajstić information content (AvgIpc) is 2.73. The van der Waals surface area contributed by atoms with Crippen molar-refractivity contribution in [1.82, 2.24) is 9.97 Å². The van der Waals surface area contributed by atoms with Gasteiger partial charge in [0.2, 0.25) is 5.91 Å². The van der Waals surface area contributed by atoms with E-state index in [1.165, 1.54) is 12.1 Å². The lowest BCUT2D eigenvalue weighted by Gasteiger charge is -2.32. The molecule has 1 saturated heterocycles. The molecule has 4 rings (SSSR count). The van der Waals surface area contributed by atoms with Crippen LogP contribution in [-0.4, -0.2) is 37.4 Å². The molecule has 0 spiro atoms. The van der Waals surface area contributed by atoms with Crippen molar-refractivity contribution in [3.63, 3.8) is 0 Å². The molecule has 2 heterocycles. The van der Waals surface area contributed by atoms with Crippen molar-refractivity contribution < 1.29 is 17.6 Å². The van der Waals surface area contributed by atoms with E-state index in [0.717, 1.165) is 12.1 Å². The summed E-state index contributed by atoms with van der Waals surface area (Å²) in [7, 11) is -4.00. The number of rotatable bonds is 5. The fourth-order valence-electron chi connectivity index (χ4n) is 3.46. The molecule has 1 amide bonds. The van der Waals surface area contributed by atoms with E-state index in [-0.39, 0.29) is 22.5 Å². The van der Waals surface area contributed by atoms with Gasteiger partial charge in [-0.05, 0) is 49.2 Å². The normalized spacial score (nSPS) is 15.3. The van der Waals surface area contributed by atoms with Crippen LogP contribution in [0.15, 0.2) is 53.4 Å². The lowest BCUT2D eigenvalue weighted by Crippen LogP contribution is -2.39. The van der Waals surface area contributed by atoms with Gasteiger partial charge in [0, 0.05) is 19.0 Å². The van der Waals surface area contributed by atoms with E-state index >= 15 is 0 Å². The number of para-hydroxylation sites is 2. The Balaban J connectivity index is 1.72. The predicted molar refractivity (Wildman–Crippen MR) is 111 cm³/mol. The van der Waals surface area contributed by atoms with Gasteiger partial charge < -0.3 is 10.6 Å². The Morgan fingerprint density at radius 3 is 2.23 bits per heavy atom. The summed E-state index contributed by atoms with van der Waals surface area (Å²) >= 11 is 0. The van der Waals surface area contributed by atoms with Gasteiger partial charge in [-0.15, -0.1) is 0 Å². The number of amides is 1. The number of hydrogen-bond acceptors (Lipinski definition) is 6. The predicted octanol–water partition coefficient (Wildman–Crippen LogP) is 2.27. The average molecular weight is 429 g/mol. The van der Waals surface area contributed by atoms with Gasteiger partial charge in [0.25, 0.3) is 10.0 Å².